The minimum absolute atomic E-state index is 0.0406. The number of carbonyl (C=O) groups is 1. The van der Waals surface area contributed by atoms with Crippen LogP contribution in [0.5, 0.6) is 0 Å². The van der Waals surface area contributed by atoms with Gasteiger partial charge in [0.15, 0.2) is 11.9 Å². The molecule has 0 unspecified atom stereocenters. The maximum Gasteiger partial charge on any atom is 0.311 e. The van der Waals surface area contributed by atoms with Crippen LogP contribution in [0.2, 0.25) is 0 Å². The van der Waals surface area contributed by atoms with Crippen molar-refractivity contribution >= 4 is 33.6 Å². The molecule has 2 aromatic rings. The number of aliphatic hydroxyl groups is 1. The second-order valence-corrected chi connectivity index (χ2v) is 7.43. The lowest BCUT2D eigenvalue weighted by atomic mass is 10.0. The number of aromatic nitrogens is 3. The molecule has 0 bridgehead atoms. The molecule has 1 saturated carbocycles. The van der Waals surface area contributed by atoms with Crippen LogP contribution in [-0.4, -0.2) is 43.9 Å². The second-order valence-electron chi connectivity index (χ2n) is 6.43. The summed E-state index contributed by atoms with van der Waals surface area (Å²) in [6, 6.07) is 0. The van der Waals surface area contributed by atoms with Crippen molar-refractivity contribution in [2.45, 2.75) is 50.7 Å². The van der Waals surface area contributed by atoms with E-state index in [1.165, 1.54) is 17.7 Å². The zero-order valence-corrected chi connectivity index (χ0v) is 14.3. The molecule has 4 atom stereocenters. The molecule has 134 valence electrons. The second kappa shape index (κ2) is 6.04. The highest BCUT2D eigenvalue weighted by atomic mass is 32.1. The monoisotopic (exact) mass is 366 g/mol. The Morgan fingerprint density at radius 2 is 2.32 bits per heavy atom. The summed E-state index contributed by atoms with van der Waals surface area (Å²) in [6.07, 6.45) is 1.02. The van der Waals surface area contributed by atoms with Crippen LogP contribution < -0.4 is 10.6 Å². The van der Waals surface area contributed by atoms with Gasteiger partial charge in [-0.15, -0.1) is 0 Å². The number of esters is 1. The Morgan fingerprint density at radius 3 is 3.00 bits per heavy atom. The quantitative estimate of drug-likeness (QED) is 0.745. The van der Waals surface area contributed by atoms with Crippen molar-refractivity contribution in [2.24, 2.45) is 5.92 Å². The van der Waals surface area contributed by atoms with Gasteiger partial charge < -0.3 is 20.3 Å². The zero-order valence-electron chi connectivity index (χ0n) is 13.5. The van der Waals surface area contributed by atoms with E-state index < -0.39 is 24.5 Å². The number of rotatable bonds is 4. The van der Waals surface area contributed by atoms with Crippen LogP contribution in [-0.2, 0) is 14.3 Å². The molecule has 1 saturated heterocycles. The van der Waals surface area contributed by atoms with Gasteiger partial charge in [-0.3, -0.25) is 14.2 Å². The van der Waals surface area contributed by atoms with Crippen LogP contribution in [0.1, 0.15) is 32.4 Å². The van der Waals surface area contributed by atoms with E-state index in [2.05, 4.69) is 9.97 Å². The molecule has 4 rings (SSSR count). The third-order valence-corrected chi connectivity index (χ3v) is 5.38. The van der Waals surface area contributed by atoms with Gasteiger partial charge in [0.05, 0.1) is 10.9 Å². The minimum Gasteiger partial charge on any atom is -0.459 e. The average Bonchev–Trinajstić information content (AvgIpc) is 3.24. The number of nitrogen functional groups attached to an aromatic ring is 1. The number of nitrogens with zero attached hydrogens (tertiary/aromatic N) is 3. The molecule has 0 spiro atoms. The van der Waals surface area contributed by atoms with E-state index in [0.29, 0.717) is 10.3 Å². The summed E-state index contributed by atoms with van der Waals surface area (Å²) in [7, 11) is 0. The highest BCUT2D eigenvalue weighted by Gasteiger charge is 2.47. The number of fused-ring (bicyclic) bond motifs is 1. The van der Waals surface area contributed by atoms with Crippen LogP contribution in [0.4, 0.5) is 5.95 Å². The standard InChI is InChI=1S/C15H18N4O5S/c1-6(20)23-11(7-2-3-7)9-4-8(21)13(24-9)19-12-10(25-15(19)22)5-17-14(16)18-12/h5,7-9,11,13,21H,2-4H2,1H3,(H2,16,17,18)/t8-,9+,11+,13-/m1/s1. The number of carbonyl (C=O) groups excluding carboxylic acids is 1. The first kappa shape index (κ1) is 16.4. The predicted octanol–water partition coefficient (Wildman–Crippen LogP) is 0.425. The summed E-state index contributed by atoms with van der Waals surface area (Å²) in [5.41, 5.74) is 5.96. The van der Waals surface area contributed by atoms with E-state index in [1.807, 2.05) is 0 Å². The van der Waals surface area contributed by atoms with Crippen LogP contribution in [0, 0.1) is 5.92 Å². The fourth-order valence-corrected chi connectivity index (χ4v) is 4.11. The van der Waals surface area contributed by atoms with Gasteiger partial charge >= 0.3 is 10.8 Å². The molecule has 2 aromatic heterocycles. The first-order chi connectivity index (χ1) is 11.9. The molecule has 25 heavy (non-hydrogen) atoms. The van der Waals surface area contributed by atoms with Crippen LogP contribution >= 0.6 is 11.3 Å². The number of hydrogen-bond donors (Lipinski definition) is 2. The van der Waals surface area contributed by atoms with E-state index >= 15 is 0 Å². The van der Waals surface area contributed by atoms with Gasteiger partial charge in [0.1, 0.15) is 18.3 Å². The number of nitrogens with two attached hydrogens (primary N) is 1. The fraction of sp³-hybridized carbons (Fsp3) is 0.600. The topological polar surface area (TPSA) is 130 Å². The first-order valence-electron chi connectivity index (χ1n) is 8.08. The van der Waals surface area contributed by atoms with Crippen LogP contribution in [0.25, 0.3) is 10.3 Å². The SMILES string of the molecule is CC(=O)O[C@@H](C1CC1)[C@@H]1C[C@@H](O)[C@H](n2c(=O)sc3cnc(N)nc32)O1. The largest absolute Gasteiger partial charge is 0.459 e. The molecular formula is C15H18N4O5S. The summed E-state index contributed by atoms with van der Waals surface area (Å²) in [5.74, 6) is -0.0929. The summed E-state index contributed by atoms with van der Waals surface area (Å²) in [6.45, 7) is 1.36. The van der Waals surface area contributed by atoms with E-state index in [1.54, 1.807) is 0 Å². The third kappa shape index (κ3) is 3.00. The van der Waals surface area contributed by atoms with Crippen molar-refractivity contribution in [3.8, 4) is 0 Å². The predicted molar refractivity (Wildman–Crippen MR) is 88.9 cm³/mol. The fourth-order valence-electron chi connectivity index (χ4n) is 3.29. The molecule has 10 heteroatoms. The molecule has 3 heterocycles. The van der Waals surface area contributed by atoms with Gasteiger partial charge in [-0.1, -0.05) is 11.3 Å². The van der Waals surface area contributed by atoms with Gasteiger partial charge in [0.2, 0.25) is 5.95 Å². The Hall–Kier alpha value is -2.04. The molecule has 3 N–H and O–H groups in total. The number of hydrogen-bond acceptors (Lipinski definition) is 9. The molecule has 1 aliphatic heterocycles. The Morgan fingerprint density at radius 1 is 1.56 bits per heavy atom. The van der Waals surface area contributed by atoms with Gasteiger partial charge in [0.25, 0.3) is 0 Å². The lowest BCUT2D eigenvalue weighted by Crippen LogP contribution is -2.33. The lowest BCUT2D eigenvalue weighted by Gasteiger charge is -2.23. The van der Waals surface area contributed by atoms with E-state index in [9.17, 15) is 14.7 Å². The van der Waals surface area contributed by atoms with Crippen molar-refractivity contribution in [3.05, 3.63) is 15.9 Å². The number of ether oxygens (including phenoxy) is 2. The van der Waals surface area contributed by atoms with E-state index in [-0.39, 0.29) is 29.1 Å². The highest BCUT2D eigenvalue weighted by Crippen LogP contribution is 2.42. The van der Waals surface area contributed by atoms with Crippen LogP contribution in [0.15, 0.2) is 11.0 Å². The number of anilines is 1. The smallest absolute Gasteiger partial charge is 0.311 e. The van der Waals surface area contributed by atoms with Crippen molar-refractivity contribution in [1.29, 1.82) is 0 Å². The molecule has 1 aliphatic carbocycles. The van der Waals surface area contributed by atoms with E-state index in [4.69, 9.17) is 15.2 Å². The molecule has 9 nitrogen and oxygen atoms in total. The summed E-state index contributed by atoms with van der Waals surface area (Å²) in [4.78, 5) is 31.4. The van der Waals surface area contributed by atoms with Crippen molar-refractivity contribution in [2.75, 3.05) is 5.73 Å². The van der Waals surface area contributed by atoms with Crippen molar-refractivity contribution < 1.29 is 19.4 Å². The maximum atomic E-state index is 12.4. The number of thiazole rings is 1. The summed E-state index contributed by atoms with van der Waals surface area (Å²) < 4.78 is 13.2. The normalized spacial score (nSPS) is 27.5. The Kier molecular flexibility index (Phi) is 3.97. The molecular weight excluding hydrogens is 348 g/mol. The van der Waals surface area contributed by atoms with Crippen LogP contribution in [0.3, 0.4) is 0 Å². The summed E-state index contributed by atoms with van der Waals surface area (Å²) >= 11 is 0.966. The summed E-state index contributed by atoms with van der Waals surface area (Å²) in [5, 5.41) is 10.5. The van der Waals surface area contributed by atoms with E-state index in [0.717, 1.165) is 24.2 Å². The molecule has 0 amide bonds. The van der Waals surface area contributed by atoms with Gasteiger partial charge in [0, 0.05) is 13.3 Å². The zero-order chi connectivity index (χ0) is 17.7. The average molecular weight is 366 g/mol. The lowest BCUT2D eigenvalue weighted by molar-refractivity contribution is -0.158. The minimum atomic E-state index is -0.909. The Bertz CT molecular complexity index is 876. The number of aliphatic hydroxyl groups excluding tert-OH is 1. The molecule has 0 aromatic carbocycles. The first-order valence-corrected chi connectivity index (χ1v) is 8.90. The molecule has 2 fully saturated rings. The van der Waals surface area contributed by atoms with Gasteiger partial charge in [-0.2, -0.15) is 4.98 Å². The van der Waals surface area contributed by atoms with Crippen molar-refractivity contribution in [3.63, 3.8) is 0 Å². The van der Waals surface area contributed by atoms with Gasteiger partial charge in [-0.25, -0.2) is 4.98 Å². The third-order valence-electron chi connectivity index (χ3n) is 4.50. The highest BCUT2D eigenvalue weighted by molar-refractivity contribution is 7.16. The van der Waals surface area contributed by atoms with Gasteiger partial charge in [-0.05, 0) is 18.8 Å². The van der Waals surface area contributed by atoms with Crippen molar-refractivity contribution in [1.82, 2.24) is 14.5 Å². The maximum absolute atomic E-state index is 12.4. The Balaban J connectivity index is 1.66. The molecule has 2 aliphatic rings. The molecule has 0 radical (unpaired) electrons. The Labute approximate surface area is 146 Å².